The van der Waals surface area contributed by atoms with Gasteiger partial charge in [-0.2, -0.15) is 4.98 Å². The van der Waals surface area contributed by atoms with E-state index in [9.17, 15) is 4.79 Å². The largest absolute Gasteiger partial charge is 0.337 e. The fourth-order valence-corrected chi connectivity index (χ4v) is 3.00. The van der Waals surface area contributed by atoms with Gasteiger partial charge in [0.15, 0.2) is 5.82 Å². The highest BCUT2D eigenvalue weighted by molar-refractivity contribution is 5.76. The molecule has 116 valence electrons. The molecule has 22 heavy (non-hydrogen) atoms. The summed E-state index contributed by atoms with van der Waals surface area (Å²) in [5.41, 5.74) is 1.28. The van der Waals surface area contributed by atoms with Crippen molar-refractivity contribution in [2.75, 3.05) is 6.54 Å². The third-order valence-corrected chi connectivity index (χ3v) is 4.10. The van der Waals surface area contributed by atoms with E-state index in [1.807, 2.05) is 23.1 Å². The van der Waals surface area contributed by atoms with Crippen molar-refractivity contribution in [3.8, 4) is 0 Å². The van der Waals surface area contributed by atoms with Crippen LogP contribution in [0.3, 0.4) is 0 Å². The number of amides is 1. The summed E-state index contributed by atoms with van der Waals surface area (Å²) in [6.07, 6.45) is 4.28. The van der Waals surface area contributed by atoms with Crippen molar-refractivity contribution >= 4 is 5.91 Å². The second kappa shape index (κ2) is 6.73. The van der Waals surface area contributed by atoms with Gasteiger partial charge in [-0.1, -0.05) is 35.5 Å². The maximum atomic E-state index is 12.5. The highest BCUT2D eigenvalue weighted by atomic mass is 16.5. The van der Waals surface area contributed by atoms with Crippen molar-refractivity contribution in [3.63, 3.8) is 0 Å². The van der Waals surface area contributed by atoms with Crippen molar-refractivity contribution in [1.82, 2.24) is 15.0 Å². The summed E-state index contributed by atoms with van der Waals surface area (Å²) in [6, 6.07) is 10.2. The van der Waals surface area contributed by atoms with Crippen LogP contribution in [0, 0.1) is 6.92 Å². The van der Waals surface area contributed by atoms with Crippen LogP contribution in [0.1, 0.15) is 49.0 Å². The minimum absolute atomic E-state index is 0.0366. The Kier molecular flexibility index (Phi) is 4.51. The van der Waals surface area contributed by atoms with Crippen molar-refractivity contribution in [1.29, 1.82) is 0 Å². The number of carbonyl (C=O) groups is 1. The summed E-state index contributed by atoms with van der Waals surface area (Å²) in [5.74, 6) is 1.39. The van der Waals surface area contributed by atoms with Gasteiger partial charge in [-0.15, -0.1) is 0 Å². The normalized spacial score (nSPS) is 17.9. The van der Waals surface area contributed by atoms with E-state index in [1.54, 1.807) is 6.92 Å². The van der Waals surface area contributed by atoms with E-state index < -0.39 is 0 Å². The molecule has 1 fully saturated rings. The molecule has 0 aliphatic carbocycles. The quantitative estimate of drug-likeness (QED) is 0.851. The number of carbonyl (C=O) groups excluding carboxylic acids is 1. The molecule has 1 aliphatic rings. The SMILES string of the molecule is Cc1noc(C2CCCN2C(=O)CCCc2ccccc2)n1. The van der Waals surface area contributed by atoms with Crippen LogP contribution in [-0.2, 0) is 11.2 Å². The lowest BCUT2D eigenvalue weighted by Gasteiger charge is -2.21. The predicted molar refractivity (Wildman–Crippen MR) is 82.1 cm³/mol. The van der Waals surface area contributed by atoms with Gasteiger partial charge < -0.3 is 9.42 Å². The Labute approximate surface area is 130 Å². The maximum absolute atomic E-state index is 12.5. The Morgan fingerprint density at radius 2 is 2.18 bits per heavy atom. The van der Waals surface area contributed by atoms with Crippen LogP contribution >= 0.6 is 0 Å². The molecule has 1 amide bonds. The Morgan fingerprint density at radius 1 is 1.36 bits per heavy atom. The third kappa shape index (κ3) is 3.35. The van der Waals surface area contributed by atoms with Crippen molar-refractivity contribution in [2.24, 2.45) is 0 Å². The van der Waals surface area contributed by atoms with Crippen molar-refractivity contribution < 1.29 is 9.32 Å². The van der Waals surface area contributed by atoms with Gasteiger partial charge in [0.05, 0.1) is 0 Å². The summed E-state index contributed by atoms with van der Waals surface area (Å²) < 4.78 is 5.25. The van der Waals surface area contributed by atoms with Crippen LogP contribution in [0.5, 0.6) is 0 Å². The van der Waals surface area contributed by atoms with Crippen LogP contribution in [-0.4, -0.2) is 27.5 Å². The molecule has 0 N–H and O–H groups in total. The summed E-state index contributed by atoms with van der Waals surface area (Å²) in [5, 5.41) is 3.83. The Bertz CT molecular complexity index is 624. The molecule has 5 heteroatoms. The van der Waals surface area contributed by atoms with Gasteiger partial charge >= 0.3 is 0 Å². The molecule has 1 saturated heterocycles. The number of rotatable bonds is 5. The number of aryl methyl sites for hydroxylation is 2. The molecule has 1 aliphatic heterocycles. The van der Waals surface area contributed by atoms with Crippen molar-refractivity contribution in [2.45, 2.75) is 45.1 Å². The molecule has 0 radical (unpaired) electrons. The summed E-state index contributed by atoms with van der Waals surface area (Å²) in [6.45, 7) is 2.59. The van der Waals surface area contributed by atoms with Crippen LogP contribution in [0.15, 0.2) is 34.9 Å². The van der Waals surface area contributed by atoms with E-state index in [2.05, 4.69) is 22.3 Å². The first kappa shape index (κ1) is 14.8. The standard InChI is InChI=1S/C17H21N3O2/c1-13-18-17(22-19-13)15-10-6-12-20(15)16(21)11-5-9-14-7-3-2-4-8-14/h2-4,7-8,15H,5-6,9-12H2,1H3. The molecule has 0 spiro atoms. The lowest BCUT2D eigenvalue weighted by molar-refractivity contribution is -0.132. The fraction of sp³-hybridized carbons (Fsp3) is 0.471. The number of likely N-dealkylation sites (tertiary alicyclic amines) is 1. The summed E-state index contributed by atoms with van der Waals surface area (Å²) in [7, 11) is 0. The lowest BCUT2D eigenvalue weighted by atomic mass is 10.1. The van der Waals surface area contributed by atoms with E-state index >= 15 is 0 Å². The van der Waals surface area contributed by atoms with Gasteiger partial charge in [0.25, 0.3) is 0 Å². The van der Waals surface area contributed by atoms with Gasteiger partial charge in [0.1, 0.15) is 6.04 Å². The van der Waals surface area contributed by atoms with Crippen LogP contribution in [0.4, 0.5) is 0 Å². The second-order valence-electron chi connectivity index (χ2n) is 5.76. The first-order chi connectivity index (χ1) is 10.7. The zero-order valence-electron chi connectivity index (χ0n) is 12.9. The lowest BCUT2D eigenvalue weighted by Crippen LogP contribution is -2.30. The zero-order chi connectivity index (χ0) is 15.4. The molecule has 2 heterocycles. The van der Waals surface area contributed by atoms with E-state index in [1.165, 1.54) is 5.56 Å². The minimum Gasteiger partial charge on any atom is -0.337 e. The van der Waals surface area contributed by atoms with E-state index in [4.69, 9.17) is 4.52 Å². The van der Waals surface area contributed by atoms with Gasteiger partial charge in [-0.05, 0) is 38.2 Å². The van der Waals surface area contributed by atoms with Gasteiger partial charge in [-0.25, -0.2) is 0 Å². The third-order valence-electron chi connectivity index (χ3n) is 4.10. The van der Waals surface area contributed by atoms with Gasteiger partial charge in [0, 0.05) is 13.0 Å². The predicted octanol–water partition coefficient (Wildman–Crippen LogP) is 3.06. The average Bonchev–Trinajstić information content (AvgIpc) is 3.16. The molecule has 0 bridgehead atoms. The molecule has 0 saturated carbocycles. The minimum atomic E-state index is -0.0366. The molecule has 1 unspecified atom stereocenters. The monoisotopic (exact) mass is 299 g/mol. The smallest absolute Gasteiger partial charge is 0.249 e. The molecule has 1 atom stereocenters. The van der Waals surface area contributed by atoms with Crippen LogP contribution in [0.2, 0.25) is 0 Å². The number of hydrogen-bond acceptors (Lipinski definition) is 4. The maximum Gasteiger partial charge on any atom is 0.249 e. The van der Waals surface area contributed by atoms with Gasteiger partial charge in [0.2, 0.25) is 11.8 Å². The molecule has 2 aromatic rings. The first-order valence-corrected chi connectivity index (χ1v) is 7.87. The van der Waals surface area contributed by atoms with Crippen molar-refractivity contribution in [3.05, 3.63) is 47.6 Å². The molecule has 1 aromatic heterocycles. The molecule has 5 nitrogen and oxygen atoms in total. The number of benzene rings is 1. The highest BCUT2D eigenvalue weighted by Gasteiger charge is 2.33. The van der Waals surface area contributed by atoms with Crippen LogP contribution in [0.25, 0.3) is 0 Å². The van der Waals surface area contributed by atoms with E-state index in [0.29, 0.717) is 18.1 Å². The molecule has 3 rings (SSSR count). The summed E-state index contributed by atoms with van der Waals surface area (Å²) in [4.78, 5) is 18.6. The van der Waals surface area contributed by atoms with Crippen LogP contribution < -0.4 is 0 Å². The first-order valence-electron chi connectivity index (χ1n) is 7.87. The van der Waals surface area contributed by atoms with E-state index in [0.717, 1.165) is 32.2 Å². The highest BCUT2D eigenvalue weighted by Crippen LogP contribution is 2.31. The number of nitrogens with zero attached hydrogens (tertiary/aromatic N) is 3. The molecular weight excluding hydrogens is 278 g/mol. The van der Waals surface area contributed by atoms with E-state index in [-0.39, 0.29) is 11.9 Å². The topological polar surface area (TPSA) is 59.2 Å². The zero-order valence-corrected chi connectivity index (χ0v) is 12.9. The number of hydrogen-bond donors (Lipinski definition) is 0. The Hall–Kier alpha value is -2.17. The molecule has 1 aromatic carbocycles. The average molecular weight is 299 g/mol. The Balaban J connectivity index is 1.55. The summed E-state index contributed by atoms with van der Waals surface area (Å²) >= 11 is 0. The fourth-order valence-electron chi connectivity index (χ4n) is 3.00. The van der Waals surface area contributed by atoms with Gasteiger partial charge in [-0.3, -0.25) is 4.79 Å². The Morgan fingerprint density at radius 3 is 2.91 bits per heavy atom. The molecular formula is C17H21N3O2. The number of aromatic nitrogens is 2. The second-order valence-corrected chi connectivity index (χ2v) is 5.76.